The van der Waals surface area contributed by atoms with E-state index >= 15 is 0 Å². The van der Waals surface area contributed by atoms with Crippen LogP contribution in [-0.2, 0) is 38.1 Å². The van der Waals surface area contributed by atoms with Crippen LogP contribution in [0.25, 0.3) is 0 Å². The first-order chi connectivity index (χ1) is 14.0. The molecule has 168 valence electrons. The molecular weight excluding hydrogens is 388 g/mol. The molecule has 0 aromatic heterocycles. The Balaban J connectivity index is 3.32. The molecule has 1 atom stereocenters. The molecule has 29 heavy (non-hydrogen) atoms. The number of ether oxygens (including phenoxy) is 4. The first-order valence-corrected chi connectivity index (χ1v) is 9.29. The van der Waals surface area contributed by atoms with Gasteiger partial charge in [-0.1, -0.05) is 0 Å². The number of carbonyl (C=O) groups is 4. The number of carbonyl (C=O) groups excluding carboxylic acids is 4. The molecule has 0 heterocycles. The summed E-state index contributed by atoms with van der Waals surface area (Å²) in [6.07, 6.45) is 1.10. The summed E-state index contributed by atoms with van der Waals surface area (Å²) in [6.45, 7) is 2.10. The van der Waals surface area contributed by atoms with Crippen molar-refractivity contribution in [1.82, 2.24) is 10.6 Å². The molecule has 0 aliphatic carbocycles. The van der Waals surface area contributed by atoms with Crippen molar-refractivity contribution in [3.8, 4) is 0 Å². The van der Waals surface area contributed by atoms with Crippen LogP contribution in [-0.4, -0.2) is 96.0 Å². The first-order valence-electron chi connectivity index (χ1n) is 9.29. The van der Waals surface area contributed by atoms with Crippen LogP contribution in [0.2, 0.25) is 0 Å². The van der Waals surface area contributed by atoms with Gasteiger partial charge in [-0.05, 0) is 6.42 Å². The smallest absolute Gasteiger partial charge is 0.246 e. The number of hydrogen-bond donors (Lipinski definition) is 4. The molecule has 12 heteroatoms. The van der Waals surface area contributed by atoms with Crippen LogP contribution in [0.3, 0.4) is 0 Å². The lowest BCUT2D eigenvalue weighted by Crippen LogP contribution is -2.31. The van der Waals surface area contributed by atoms with E-state index in [1.165, 1.54) is 0 Å². The van der Waals surface area contributed by atoms with Crippen molar-refractivity contribution in [3.05, 3.63) is 0 Å². The molecule has 0 aliphatic heterocycles. The molecule has 3 amide bonds. The van der Waals surface area contributed by atoms with E-state index in [1.54, 1.807) is 0 Å². The average molecular weight is 420 g/mol. The second kappa shape index (κ2) is 19.2. The van der Waals surface area contributed by atoms with Gasteiger partial charge in [-0.15, -0.1) is 0 Å². The Morgan fingerprint density at radius 1 is 0.793 bits per heavy atom. The van der Waals surface area contributed by atoms with Crippen molar-refractivity contribution in [2.75, 3.05) is 65.9 Å². The van der Waals surface area contributed by atoms with Gasteiger partial charge in [0, 0.05) is 19.5 Å². The Labute approximate surface area is 169 Å². The quantitative estimate of drug-likeness (QED) is 0.118. The highest BCUT2D eigenvalue weighted by Gasteiger charge is 2.05. The molecule has 0 rings (SSSR count). The SMILES string of the molecule is NC(=O)COCCOCCNC(=O)COCCOCCNC(=O)CCC(N)C=O. The molecule has 0 spiro atoms. The summed E-state index contributed by atoms with van der Waals surface area (Å²) in [5, 5.41) is 5.26. The van der Waals surface area contributed by atoms with Crippen LogP contribution < -0.4 is 22.1 Å². The van der Waals surface area contributed by atoms with Gasteiger partial charge in [0.2, 0.25) is 17.7 Å². The molecule has 0 aliphatic rings. The molecule has 0 aromatic carbocycles. The normalized spacial score (nSPS) is 11.6. The molecule has 0 bridgehead atoms. The van der Waals surface area contributed by atoms with Crippen LogP contribution in [0.4, 0.5) is 0 Å². The van der Waals surface area contributed by atoms with Crippen molar-refractivity contribution in [2.45, 2.75) is 18.9 Å². The maximum absolute atomic E-state index is 11.5. The molecule has 0 saturated carbocycles. The zero-order valence-electron chi connectivity index (χ0n) is 16.6. The minimum atomic E-state index is -0.618. The number of nitrogens with two attached hydrogens (primary N) is 2. The summed E-state index contributed by atoms with van der Waals surface area (Å²) >= 11 is 0. The number of hydrogen-bond acceptors (Lipinski definition) is 9. The lowest BCUT2D eigenvalue weighted by molar-refractivity contribution is -0.127. The molecule has 0 aromatic rings. The second-order valence-electron chi connectivity index (χ2n) is 5.83. The number of nitrogens with one attached hydrogen (secondary N) is 2. The highest BCUT2D eigenvalue weighted by atomic mass is 16.5. The standard InChI is InChI=1S/C17H32N4O8/c18-14(11-22)1-2-16(24)20-3-5-26-8-10-29-13-17(25)21-4-6-27-7-9-28-12-15(19)23/h11,14H,1-10,12-13,18H2,(H2,19,23)(H,20,24)(H,21,25). The predicted molar refractivity (Wildman–Crippen MR) is 102 cm³/mol. The van der Waals surface area contributed by atoms with E-state index in [0.29, 0.717) is 45.6 Å². The van der Waals surface area contributed by atoms with E-state index in [1.807, 2.05) is 0 Å². The fourth-order valence-corrected chi connectivity index (χ4v) is 1.81. The van der Waals surface area contributed by atoms with Gasteiger partial charge in [0.25, 0.3) is 0 Å². The topological polar surface area (TPSA) is 181 Å². The minimum absolute atomic E-state index is 0.0984. The van der Waals surface area contributed by atoms with Gasteiger partial charge in [-0.25, -0.2) is 0 Å². The van der Waals surface area contributed by atoms with E-state index in [-0.39, 0.29) is 51.3 Å². The maximum atomic E-state index is 11.5. The molecule has 0 fully saturated rings. The Bertz CT molecular complexity index is 478. The van der Waals surface area contributed by atoms with Gasteiger partial charge in [-0.2, -0.15) is 0 Å². The molecule has 0 saturated heterocycles. The van der Waals surface area contributed by atoms with Crippen LogP contribution >= 0.6 is 0 Å². The minimum Gasteiger partial charge on any atom is -0.377 e. The highest BCUT2D eigenvalue weighted by molar-refractivity contribution is 5.77. The molecule has 6 N–H and O–H groups in total. The fraction of sp³-hybridized carbons (Fsp3) is 0.765. The lowest BCUT2D eigenvalue weighted by Gasteiger charge is -2.09. The van der Waals surface area contributed by atoms with E-state index in [4.69, 9.17) is 30.4 Å². The average Bonchev–Trinajstić information content (AvgIpc) is 2.69. The van der Waals surface area contributed by atoms with Gasteiger partial charge < -0.3 is 45.8 Å². The van der Waals surface area contributed by atoms with Gasteiger partial charge in [0.05, 0.1) is 45.7 Å². The van der Waals surface area contributed by atoms with Crippen molar-refractivity contribution in [2.24, 2.45) is 11.5 Å². The monoisotopic (exact) mass is 420 g/mol. The van der Waals surface area contributed by atoms with Crippen LogP contribution in [0.15, 0.2) is 0 Å². The summed E-state index contributed by atoms with van der Waals surface area (Å²) in [5.41, 5.74) is 10.3. The van der Waals surface area contributed by atoms with Crippen LogP contribution in [0, 0.1) is 0 Å². The Morgan fingerprint density at radius 2 is 1.31 bits per heavy atom. The number of aldehydes is 1. The Kier molecular flexibility index (Phi) is 17.8. The molecule has 12 nitrogen and oxygen atoms in total. The van der Waals surface area contributed by atoms with Crippen LogP contribution in [0.5, 0.6) is 0 Å². The third kappa shape index (κ3) is 20.4. The fourth-order valence-electron chi connectivity index (χ4n) is 1.81. The third-order valence-electron chi connectivity index (χ3n) is 3.24. The van der Waals surface area contributed by atoms with E-state index < -0.39 is 11.9 Å². The molecule has 0 radical (unpaired) electrons. The van der Waals surface area contributed by atoms with Gasteiger partial charge in [0.15, 0.2) is 0 Å². The van der Waals surface area contributed by atoms with Crippen LogP contribution in [0.1, 0.15) is 12.8 Å². The number of rotatable bonds is 20. The molecule has 1 unspecified atom stereocenters. The summed E-state index contributed by atoms with van der Waals surface area (Å²) in [5.74, 6) is -1.01. The predicted octanol–water partition coefficient (Wildman–Crippen LogP) is -2.92. The van der Waals surface area contributed by atoms with E-state index in [0.717, 1.165) is 0 Å². The summed E-state index contributed by atoms with van der Waals surface area (Å²) in [6, 6.07) is -0.618. The van der Waals surface area contributed by atoms with Gasteiger partial charge in [0.1, 0.15) is 19.5 Å². The van der Waals surface area contributed by atoms with Gasteiger partial charge >= 0.3 is 0 Å². The summed E-state index contributed by atoms with van der Waals surface area (Å²) in [4.78, 5) is 43.7. The van der Waals surface area contributed by atoms with Gasteiger partial charge in [-0.3, -0.25) is 14.4 Å². The van der Waals surface area contributed by atoms with E-state index in [9.17, 15) is 19.2 Å². The Morgan fingerprint density at radius 3 is 1.86 bits per heavy atom. The van der Waals surface area contributed by atoms with Crippen molar-refractivity contribution in [1.29, 1.82) is 0 Å². The maximum Gasteiger partial charge on any atom is 0.246 e. The Hall–Kier alpha value is -2.12. The third-order valence-corrected chi connectivity index (χ3v) is 3.24. The van der Waals surface area contributed by atoms with E-state index in [2.05, 4.69) is 10.6 Å². The summed E-state index contributed by atoms with van der Waals surface area (Å²) < 4.78 is 20.5. The van der Waals surface area contributed by atoms with Crippen molar-refractivity contribution >= 4 is 24.0 Å². The lowest BCUT2D eigenvalue weighted by atomic mass is 10.2. The van der Waals surface area contributed by atoms with Crippen molar-refractivity contribution < 1.29 is 38.1 Å². The zero-order valence-corrected chi connectivity index (χ0v) is 16.6. The number of amides is 3. The van der Waals surface area contributed by atoms with Crippen molar-refractivity contribution in [3.63, 3.8) is 0 Å². The molecular formula is C17H32N4O8. The highest BCUT2D eigenvalue weighted by Crippen LogP contribution is 1.91. The first kappa shape index (κ1) is 26.9. The number of primary amides is 1. The summed E-state index contributed by atoms with van der Waals surface area (Å²) in [7, 11) is 0. The largest absolute Gasteiger partial charge is 0.377 e. The zero-order chi connectivity index (χ0) is 21.7. The second-order valence-corrected chi connectivity index (χ2v) is 5.83.